The molecule has 1 atom stereocenters. The molecule has 0 saturated carbocycles. The molecule has 9 nitrogen and oxygen atoms in total. The molecule has 0 radical (unpaired) electrons. The van der Waals surface area contributed by atoms with Gasteiger partial charge in [0.1, 0.15) is 14.0 Å². The molecule has 1 heterocycles. The summed E-state index contributed by atoms with van der Waals surface area (Å²) in [6, 6.07) is -0.0208. The number of nitrogens with one attached hydrogen (secondary N) is 1. The SMILES string of the molecule is CC(CS(C)(=O)=O)NS(=O)(=O)c1cc([N+](=O)[O-])c(N)s1. The number of nitrogen functional groups attached to an aromatic ring is 1. The Labute approximate surface area is 119 Å². The number of sulfone groups is 1. The third kappa shape index (κ3) is 4.40. The molecule has 0 saturated heterocycles. The van der Waals surface area contributed by atoms with Crippen molar-refractivity contribution in [3.8, 4) is 0 Å². The fourth-order valence-electron chi connectivity index (χ4n) is 1.46. The first kappa shape index (κ1) is 16.8. The Morgan fingerprint density at radius 3 is 2.40 bits per heavy atom. The summed E-state index contributed by atoms with van der Waals surface area (Å²) in [6.07, 6.45) is 0.978. The first-order valence-corrected chi connectivity index (χ1v) is 9.52. The molecule has 20 heavy (non-hydrogen) atoms. The van der Waals surface area contributed by atoms with Crippen LogP contribution in [-0.4, -0.2) is 39.8 Å². The van der Waals surface area contributed by atoms with Crippen LogP contribution in [-0.2, 0) is 19.9 Å². The molecule has 0 bridgehead atoms. The van der Waals surface area contributed by atoms with Gasteiger partial charge in [0, 0.05) is 18.4 Å². The molecule has 0 aliphatic carbocycles. The van der Waals surface area contributed by atoms with Gasteiger partial charge in [0.2, 0.25) is 0 Å². The molecule has 1 rings (SSSR count). The lowest BCUT2D eigenvalue weighted by Crippen LogP contribution is -2.36. The van der Waals surface area contributed by atoms with E-state index in [9.17, 15) is 26.9 Å². The number of nitrogens with two attached hydrogens (primary N) is 1. The summed E-state index contributed by atoms with van der Waals surface area (Å²) in [6.45, 7) is 1.38. The molecule has 0 aromatic carbocycles. The summed E-state index contributed by atoms with van der Waals surface area (Å²) in [4.78, 5) is 9.82. The quantitative estimate of drug-likeness (QED) is 0.543. The van der Waals surface area contributed by atoms with Crippen molar-refractivity contribution in [3.05, 3.63) is 16.2 Å². The maximum Gasteiger partial charge on any atom is 0.304 e. The predicted molar refractivity (Wildman–Crippen MR) is 74.9 cm³/mol. The summed E-state index contributed by atoms with van der Waals surface area (Å²) >= 11 is 0.546. The van der Waals surface area contributed by atoms with Gasteiger partial charge in [-0.25, -0.2) is 21.6 Å². The number of thiophene rings is 1. The molecule has 1 unspecified atom stereocenters. The average Bonchev–Trinajstić information content (AvgIpc) is 2.56. The molecule has 0 aliphatic heterocycles. The van der Waals surface area contributed by atoms with E-state index in [0.29, 0.717) is 11.3 Å². The number of nitrogens with zero attached hydrogens (tertiary/aromatic N) is 1. The van der Waals surface area contributed by atoms with Gasteiger partial charge in [-0.15, -0.1) is 0 Å². The number of hydrogen-bond donors (Lipinski definition) is 2. The van der Waals surface area contributed by atoms with E-state index < -0.39 is 36.5 Å². The minimum absolute atomic E-state index is 0.230. The summed E-state index contributed by atoms with van der Waals surface area (Å²) in [7, 11) is -7.40. The highest BCUT2D eigenvalue weighted by molar-refractivity contribution is 7.92. The van der Waals surface area contributed by atoms with E-state index in [1.54, 1.807) is 0 Å². The molecule has 1 aromatic heterocycles. The molecule has 0 spiro atoms. The number of rotatable bonds is 6. The van der Waals surface area contributed by atoms with Gasteiger partial charge < -0.3 is 5.73 Å². The van der Waals surface area contributed by atoms with Gasteiger partial charge >= 0.3 is 5.69 Å². The zero-order valence-electron chi connectivity index (χ0n) is 10.6. The fourth-order valence-corrected chi connectivity index (χ4v) is 5.03. The molecule has 0 amide bonds. The summed E-state index contributed by atoms with van der Waals surface area (Å²) < 4.78 is 47.8. The molecular formula is C8H13N3O6S3. The third-order valence-electron chi connectivity index (χ3n) is 2.09. The molecule has 3 N–H and O–H groups in total. The predicted octanol–water partition coefficient (Wildman–Crippen LogP) is -0.0501. The van der Waals surface area contributed by atoms with Gasteiger partial charge in [-0.3, -0.25) is 10.1 Å². The first-order chi connectivity index (χ1) is 8.92. The van der Waals surface area contributed by atoms with Crippen molar-refractivity contribution in [3.63, 3.8) is 0 Å². The van der Waals surface area contributed by atoms with Crippen molar-refractivity contribution in [2.24, 2.45) is 0 Å². The first-order valence-electron chi connectivity index (χ1n) is 5.16. The van der Waals surface area contributed by atoms with E-state index in [4.69, 9.17) is 5.73 Å². The zero-order valence-corrected chi connectivity index (χ0v) is 13.0. The van der Waals surface area contributed by atoms with Crippen molar-refractivity contribution in [1.29, 1.82) is 0 Å². The normalized spacial score (nSPS) is 14.1. The van der Waals surface area contributed by atoms with Crippen molar-refractivity contribution in [2.45, 2.75) is 17.2 Å². The lowest BCUT2D eigenvalue weighted by molar-refractivity contribution is -0.383. The van der Waals surface area contributed by atoms with Crippen molar-refractivity contribution < 1.29 is 21.8 Å². The monoisotopic (exact) mass is 343 g/mol. The Morgan fingerprint density at radius 1 is 1.45 bits per heavy atom. The summed E-state index contributed by atoms with van der Waals surface area (Å²) in [5, 5.41) is 10.4. The maximum atomic E-state index is 11.9. The Morgan fingerprint density at radius 2 is 2.00 bits per heavy atom. The van der Waals surface area contributed by atoms with Gasteiger partial charge in [0.05, 0.1) is 10.7 Å². The minimum Gasteiger partial charge on any atom is -0.385 e. The topological polar surface area (TPSA) is 149 Å². The van der Waals surface area contributed by atoms with Gasteiger partial charge in [0.15, 0.2) is 5.00 Å². The van der Waals surface area contributed by atoms with Crippen LogP contribution in [0.1, 0.15) is 6.92 Å². The van der Waals surface area contributed by atoms with E-state index in [-0.39, 0.29) is 15.0 Å². The molecule has 0 fully saturated rings. The second kappa shape index (κ2) is 5.63. The van der Waals surface area contributed by atoms with Crippen LogP contribution in [0.2, 0.25) is 0 Å². The van der Waals surface area contributed by atoms with Crippen LogP contribution in [0.3, 0.4) is 0 Å². The number of nitro groups is 1. The van der Waals surface area contributed by atoms with Crippen LogP contribution in [0.4, 0.5) is 10.7 Å². The minimum atomic E-state index is -4.05. The molecule has 12 heteroatoms. The highest BCUT2D eigenvalue weighted by Crippen LogP contribution is 2.34. The average molecular weight is 343 g/mol. The van der Waals surface area contributed by atoms with Crippen LogP contribution in [0.15, 0.2) is 10.3 Å². The van der Waals surface area contributed by atoms with Crippen molar-refractivity contribution >= 4 is 41.9 Å². The van der Waals surface area contributed by atoms with Gasteiger partial charge in [-0.1, -0.05) is 11.3 Å². The van der Waals surface area contributed by atoms with Crippen LogP contribution in [0.5, 0.6) is 0 Å². The largest absolute Gasteiger partial charge is 0.385 e. The van der Waals surface area contributed by atoms with E-state index in [0.717, 1.165) is 12.3 Å². The standard InChI is InChI=1S/C8H13N3O6S3/c1-5(4-19(2,14)15)10-20(16,17)7-3-6(11(12)13)8(9)18-7/h3,5,10H,4,9H2,1-2H3. The fraction of sp³-hybridized carbons (Fsp3) is 0.500. The van der Waals surface area contributed by atoms with E-state index in [2.05, 4.69) is 4.72 Å². The Hall–Kier alpha value is -1.24. The highest BCUT2D eigenvalue weighted by atomic mass is 32.2. The molecule has 1 aromatic rings. The van der Waals surface area contributed by atoms with E-state index in [1.807, 2.05) is 0 Å². The van der Waals surface area contributed by atoms with Crippen molar-refractivity contribution in [1.82, 2.24) is 4.72 Å². The van der Waals surface area contributed by atoms with Crippen LogP contribution in [0, 0.1) is 10.1 Å². The Balaban J connectivity index is 3.00. The zero-order chi connectivity index (χ0) is 15.7. The summed E-state index contributed by atoms with van der Waals surface area (Å²) in [5.74, 6) is -0.380. The Kier molecular flexibility index (Phi) is 4.74. The molecular weight excluding hydrogens is 330 g/mol. The third-order valence-corrected chi connectivity index (χ3v) is 6.21. The van der Waals surface area contributed by atoms with E-state index in [1.165, 1.54) is 6.92 Å². The lowest BCUT2D eigenvalue weighted by atomic mass is 10.4. The second-order valence-corrected chi connectivity index (χ2v) is 9.40. The maximum absolute atomic E-state index is 11.9. The van der Waals surface area contributed by atoms with Crippen LogP contribution >= 0.6 is 11.3 Å². The molecule has 114 valence electrons. The van der Waals surface area contributed by atoms with E-state index >= 15 is 0 Å². The smallest absolute Gasteiger partial charge is 0.304 e. The van der Waals surface area contributed by atoms with Gasteiger partial charge in [-0.05, 0) is 6.92 Å². The summed E-state index contributed by atoms with van der Waals surface area (Å²) in [5.41, 5.74) is 4.87. The van der Waals surface area contributed by atoms with Gasteiger partial charge in [-0.2, -0.15) is 0 Å². The number of sulfonamides is 1. The van der Waals surface area contributed by atoms with Gasteiger partial charge in [0.25, 0.3) is 10.0 Å². The second-order valence-electron chi connectivity index (χ2n) is 4.19. The van der Waals surface area contributed by atoms with Crippen LogP contribution < -0.4 is 10.5 Å². The van der Waals surface area contributed by atoms with Crippen LogP contribution in [0.25, 0.3) is 0 Å². The molecule has 0 aliphatic rings. The lowest BCUT2D eigenvalue weighted by Gasteiger charge is -2.11. The highest BCUT2D eigenvalue weighted by Gasteiger charge is 2.26. The number of anilines is 1. The number of hydrogen-bond acceptors (Lipinski definition) is 8. The Bertz CT molecular complexity index is 721. The van der Waals surface area contributed by atoms with Crippen molar-refractivity contribution in [2.75, 3.05) is 17.7 Å².